The molecule has 3 N–H and O–H groups in total. The first-order chi connectivity index (χ1) is 13.9. The molecule has 0 aromatic rings. The van der Waals surface area contributed by atoms with Crippen molar-refractivity contribution in [1.29, 1.82) is 0 Å². The smallest absolute Gasteiger partial charge is 0.0701 e. The van der Waals surface area contributed by atoms with E-state index in [1.807, 2.05) is 0 Å². The van der Waals surface area contributed by atoms with Crippen molar-refractivity contribution in [2.45, 2.75) is 0 Å². The third kappa shape index (κ3) is 25.6. The van der Waals surface area contributed by atoms with E-state index in [2.05, 4.69) is 5.32 Å². The second kappa shape index (κ2) is 26.6. The van der Waals surface area contributed by atoms with Crippen LogP contribution < -0.4 is 5.32 Å². The van der Waals surface area contributed by atoms with Gasteiger partial charge in [0, 0.05) is 13.1 Å². The molecule has 0 radical (unpaired) electrons. The first-order valence-corrected chi connectivity index (χ1v) is 9.88. The lowest BCUT2D eigenvalue weighted by Gasteiger charge is -2.08. The van der Waals surface area contributed by atoms with Gasteiger partial charge in [-0.25, -0.2) is 0 Å². The fraction of sp³-hybridized carbons (Fsp3) is 1.00. The molecule has 0 aromatic heterocycles. The van der Waals surface area contributed by atoms with Gasteiger partial charge in [-0.05, 0) is 0 Å². The third-order valence-corrected chi connectivity index (χ3v) is 3.18. The molecule has 0 aromatic carbocycles. The van der Waals surface area contributed by atoms with Crippen molar-refractivity contribution >= 4 is 0 Å². The number of ether oxygens (including phenoxy) is 7. The molecule has 0 atom stereocenters. The summed E-state index contributed by atoms with van der Waals surface area (Å²) >= 11 is 0. The fourth-order valence-electron chi connectivity index (χ4n) is 1.83. The minimum absolute atomic E-state index is 0.0311. The second-order valence-electron chi connectivity index (χ2n) is 5.48. The normalized spacial score (nSPS) is 11.4. The zero-order valence-corrected chi connectivity index (χ0v) is 17.0. The first kappa shape index (κ1) is 27.6. The zero-order chi connectivity index (χ0) is 20.4. The molecule has 0 rings (SSSR count). The Kier molecular flexibility index (Phi) is 26.2. The van der Waals surface area contributed by atoms with Gasteiger partial charge in [0.25, 0.3) is 0 Å². The van der Waals surface area contributed by atoms with Crippen molar-refractivity contribution in [2.24, 2.45) is 0 Å². The van der Waals surface area contributed by atoms with E-state index in [0.29, 0.717) is 99.0 Å². The molecule has 28 heavy (non-hydrogen) atoms. The molecule has 0 saturated carbocycles. The van der Waals surface area contributed by atoms with Crippen LogP contribution in [0.5, 0.6) is 0 Å². The lowest BCUT2D eigenvalue weighted by atomic mass is 10.6. The van der Waals surface area contributed by atoms with Gasteiger partial charge in [-0.2, -0.15) is 0 Å². The van der Waals surface area contributed by atoms with E-state index in [1.165, 1.54) is 0 Å². The van der Waals surface area contributed by atoms with Crippen LogP contribution >= 0.6 is 0 Å². The van der Waals surface area contributed by atoms with E-state index in [4.69, 9.17) is 43.4 Å². The van der Waals surface area contributed by atoms with Gasteiger partial charge in [0.05, 0.1) is 106 Å². The average Bonchev–Trinajstić information content (AvgIpc) is 2.71. The van der Waals surface area contributed by atoms with Gasteiger partial charge in [0.15, 0.2) is 0 Å². The largest absolute Gasteiger partial charge is 0.395 e. The molecule has 10 nitrogen and oxygen atoms in total. The first-order valence-electron chi connectivity index (χ1n) is 9.88. The maximum atomic E-state index is 8.58. The number of hydrogen-bond donors (Lipinski definition) is 3. The number of aliphatic hydroxyl groups excluding tert-OH is 2. The summed E-state index contributed by atoms with van der Waals surface area (Å²) in [5.74, 6) is 0. The summed E-state index contributed by atoms with van der Waals surface area (Å²) in [4.78, 5) is 0. The monoisotopic (exact) mass is 413 g/mol. The maximum absolute atomic E-state index is 8.58. The van der Waals surface area contributed by atoms with E-state index in [1.54, 1.807) is 0 Å². The molecule has 0 amide bonds. The summed E-state index contributed by atoms with van der Waals surface area (Å²) in [7, 11) is 0. The van der Waals surface area contributed by atoms with Crippen molar-refractivity contribution in [3.63, 3.8) is 0 Å². The van der Waals surface area contributed by atoms with E-state index in [9.17, 15) is 0 Å². The summed E-state index contributed by atoms with van der Waals surface area (Å²) < 4.78 is 37.2. The van der Waals surface area contributed by atoms with Gasteiger partial charge in [-0.1, -0.05) is 0 Å². The lowest BCUT2D eigenvalue weighted by Crippen LogP contribution is -2.23. The Hall–Kier alpha value is -0.400. The highest BCUT2D eigenvalue weighted by atomic mass is 16.6. The van der Waals surface area contributed by atoms with Gasteiger partial charge < -0.3 is 48.7 Å². The highest BCUT2D eigenvalue weighted by Crippen LogP contribution is 1.85. The molecule has 0 aliphatic rings. The molecule has 0 heterocycles. The molecule has 0 aliphatic carbocycles. The SMILES string of the molecule is OCCNCCOCCOCCOCCOCCOCCOCCOCCO. The summed E-state index contributed by atoms with van der Waals surface area (Å²) in [6.07, 6.45) is 0. The van der Waals surface area contributed by atoms with E-state index in [-0.39, 0.29) is 13.2 Å². The predicted octanol–water partition coefficient (Wildman–Crippen LogP) is -1.32. The molecular weight excluding hydrogens is 374 g/mol. The molecular formula is C18H39NO9. The van der Waals surface area contributed by atoms with Crippen molar-refractivity contribution in [3.8, 4) is 0 Å². The van der Waals surface area contributed by atoms with Crippen LogP contribution in [0, 0.1) is 0 Å². The fourth-order valence-corrected chi connectivity index (χ4v) is 1.83. The van der Waals surface area contributed by atoms with Gasteiger partial charge in [-0.3, -0.25) is 0 Å². The molecule has 10 heteroatoms. The highest BCUT2D eigenvalue weighted by molar-refractivity contribution is 4.43. The molecule has 0 bridgehead atoms. The summed E-state index contributed by atoms with van der Waals surface area (Å²) in [5, 5.41) is 20.1. The van der Waals surface area contributed by atoms with Gasteiger partial charge in [0.2, 0.25) is 0 Å². The summed E-state index contributed by atoms with van der Waals surface area (Å²) in [6, 6.07) is 0. The van der Waals surface area contributed by atoms with Crippen LogP contribution in [0.25, 0.3) is 0 Å². The minimum Gasteiger partial charge on any atom is -0.395 e. The Morgan fingerprint density at radius 2 is 0.679 bits per heavy atom. The average molecular weight is 414 g/mol. The second-order valence-corrected chi connectivity index (χ2v) is 5.48. The molecule has 0 saturated heterocycles. The zero-order valence-electron chi connectivity index (χ0n) is 17.0. The summed E-state index contributed by atoms with van der Waals surface area (Å²) in [6.45, 7) is 8.65. The van der Waals surface area contributed by atoms with Crippen molar-refractivity contribution in [2.75, 3.05) is 119 Å². The Labute approximate surface area is 168 Å². The van der Waals surface area contributed by atoms with Crippen molar-refractivity contribution in [1.82, 2.24) is 5.32 Å². The Morgan fingerprint density at radius 1 is 0.357 bits per heavy atom. The maximum Gasteiger partial charge on any atom is 0.0701 e. The van der Waals surface area contributed by atoms with Crippen LogP contribution in [0.4, 0.5) is 0 Å². The molecule has 0 fully saturated rings. The molecule has 0 spiro atoms. The Morgan fingerprint density at radius 3 is 1.00 bits per heavy atom. The van der Waals surface area contributed by atoms with Gasteiger partial charge in [0.1, 0.15) is 0 Å². The van der Waals surface area contributed by atoms with Crippen LogP contribution in [-0.4, -0.2) is 129 Å². The van der Waals surface area contributed by atoms with Crippen molar-refractivity contribution in [3.05, 3.63) is 0 Å². The standard InChI is InChI=1S/C18H39NO9/c20-3-1-19-2-5-22-7-9-24-11-13-26-15-17-28-18-16-27-14-12-25-10-8-23-6-4-21/h19-21H,1-18H2. The van der Waals surface area contributed by atoms with Crippen LogP contribution in [0.3, 0.4) is 0 Å². The number of hydrogen-bond acceptors (Lipinski definition) is 10. The quantitative estimate of drug-likeness (QED) is 0.156. The third-order valence-electron chi connectivity index (χ3n) is 3.18. The predicted molar refractivity (Wildman–Crippen MR) is 103 cm³/mol. The molecule has 0 aliphatic heterocycles. The summed E-state index contributed by atoms with van der Waals surface area (Å²) in [5.41, 5.74) is 0. The lowest BCUT2D eigenvalue weighted by molar-refractivity contribution is -0.0213. The topological polar surface area (TPSA) is 117 Å². The minimum atomic E-state index is 0.0311. The van der Waals surface area contributed by atoms with Crippen LogP contribution in [0.1, 0.15) is 0 Å². The molecule has 0 unspecified atom stereocenters. The van der Waals surface area contributed by atoms with Crippen molar-refractivity contribution < 1.29 is 43.4 Å². The van der Waals surface area contributed by atoms with E-state index in [0.717, 1.165) is 6.54 Å². The van der Waals surface area contributed by atoms with Gasteiger partial charge in [-0.15, -0.1) is 0 Å². The highest BCUT2D eigenvalue weighted by Gasteiger charge is 1.94. The van der Waals surface area contributed by atoms with Crippen LogP contribution in [-0.2, 0) is 33.2 Å². The van der Waals surface area contributed by atoms with Crippen LogP contribution in [0.2, 0.25) is 0 Å². The van der Waals surface area contributed by atoms with E-state index >= 15 is 0 Å². The van der Waals surface area contributed by atoms with Gasteiger partial charge >= 0.3 is 0 Å². The number of nitrogens with one attached hydrogen (secondary N) is 1. The molecule has 170 valence electrons. The Bertz CT molecular complexity index is 249. The van der Waals surface area contributed by atoms with E-state index < -0.39 is 0 Å². The number of aliphatic hydroxyl groups is 2. The number of rotatable bonds is 25. The Balaban J connectivity index is 2.96. The van der Waals surface area contributed by atoms with Crippen LogP contribution in [0.15, 0.2) is 0 Å².